The summed E-state index contributed by atoms with van der Waals surface area (Å²) in [4.78, 5) is 0. The molecule has 9 rings (SSSR count). The summed E-state index contributed by atoms with van der Waals surface area (Å²) in [7, 11) is 4.31. The van der Waals surface area contributed by atoms with Crippen molar-refractivity contribution in [2.75, 3.05) is 0 Å². The lowest BCUT2D eigenvalue weighted by molar-refractivity contribution is -0.642. The lowest BCUT2D eigenvalue weighted by Gasteiger charge is -2.57. The monoisotopic (exact) mass is 435 g/mol. The molecule has 4 aliphatic carbocycles. The van der Waals surface area contributed by atoms with E-state index in [9.17, 15) is 0 Å². The second-order valence-corrected chi connectivity index (χ2v) is 11.8. The van der Waals surface area contributed by atoms with Crippen LogP contribution >= 0.6 is 0 Å². The molecular formula is C30H31N2O+. The summed E-state index contributed by atoms with van der Waals surface area (Å²) in [6, 6.07) is 11.7. The van der Waals surface area contributed by atoms with Crippen LogP contribution in [0, 0.1) is 24.7 Å². The van der Waals surface area contributed by atoms with Crippen LogP contribution in [0.5, 0.6) is 0 Å². The van der Waals surface area contributed by atoms with Gasteiger partial charge in [-0.25, -0.2) is 4.57 Å². The van der Waals surface area contributed by atoms with Crippen LogP contribution in [0.3, 0.4) is 0 Å². The third-order valence-corrected chi connectivity index (χ3v) is 9.67. The maximum absolute atomic E-state index is 6.78. The normalized spacial score (nSPS) is 28.8. The van der Waals surface area contributed by atoms with Gasteiger partial charge in [-0.05, 0) is 97.8 Å². The average molecular weight is 436 g/mol. The van der Waals surface area contributed by atoms with Gasteiger partial charge < -0.3 is 8.98 Å². The number of nitrogens with zero attached hydrogens (tertiary/aromatic N) is 2. The number of aryl methyl sites for hydroxylation is 3. The van der Waals surface area contributed by atoms with E-state index in [2.05, 4.69) is 72.9 Å². The number of fused-ring (bicyclic) bond motifs is 3. The molecule has 0 unspecified atom stereocenters. The van der Waals surface area contributed by atoms with E-state index in [-0.39, 0.29) is 0 Å². The van der Waals surface area contributed by atoms with Crippen molar-refractivity contribution < 1.29 is 8.98 Å². The van der Waals surface area contributed by atoms with E-state index in [1.165, 1.54) is 76.7 Å². The Morgan fingerprint density at radius 2 is 1.61 bits per heavy atom. The lowest BCUT2D eigenvalue weighted by atomic mass is 9.48. The zero-order chi connectivity index (χ0) is 22.1. The fourth-order valence-corrected chi connectivity index (χ4v) is 8.77. The van der Waals surface area contributed by atoms with Crippen LogP contribution in [0.1, 0.15) is 49.7 Å². The van der Waals surface area contributed by atoms with Crippen LogP contribution in [-0.4, -0.2) is 4.57 Å². The molecule has 5 aromatic rings. The predicted molar refractivity (Wildman–Crippen MR) is 133 cm³/mol. The van der Waals surface area contributed by atoms with Gasteiger partial charge in [-0.3, -0.25) is 0 Å². The van der Waals surface area contributed by atoms with Gasteiger partial charge in [0.15, 0.2) is 6.20 Å². The number of aromatic nitrogens is 2. The third-order valence-electron chi connectivity index (χ3n) is 9.67. The Morgan fingerprint density at radius 1 is 0.909 bits per heavy atom. The van der Waals surface area contributed by atoms with Crippen molar-refractivity contribution in [1.29, 1.82) is 0 Å². The standard InChI is InChI=1S/C30H31N2O/c1-17-26-24(12-22-5-7-31(2)28(17)22)33-25-13-23(11-21-4-6-32(3)29(26)27(21)25)30-14-18-8-19(15-30)10-20(9-18)16-30/h4-7,11-13,18-20H,8-10,14-16H2,1-3H3/q+1. The molecule has 0 amide bonds. The molecule has 3 aromatic heterocycles. The Morgan fingerprint density at radius 3 is 2.33 bits per heavy atom. The van der Waals surface area contributed by atoms with Gasteiger partial charge in [-0.1, -0.05) is 6.07 Å². The Balaban J connectivity index is 1.47. The molecule has 3 heterocycles. The van der Waals surface area contributed by atoms with Crippen LogP contribution in [0.2, 0.25) is 0 Å². The van der Waals surface area contributed by atoms with Gasteiger partial charge >= 0.3 is 0 Å². The SMILES string of the molecule is Cc1c2c(cc3cc[n+](C)c13)oc1cc(C34CC5CC(CC(C5)C3)C4)cc3ccn(C)c2c31. The third kappa shape index (κ3) is 2.33. The first-order chi connectivity index (χ1) is 16.0. The van der Waals surface area contributed by atoms with Crippen molar-refractivity contribution in [3.8, 4) is 0 Å². The quantitative estimate of drug-likeness (QED) is 0.161. The molecule has 0 radical (unpaired) electrons. The summed E-state index contributed by atoms with van der Waals surface area (Å²) in [6.07, 6.45) is 13.0. The summed E-state index contributed by atoms with van der Waals surface area (Å²) >= 11 is 0. The van der Waals surface area contributed by atoms with E-state index in [0.29, 0.717) is 5.41 Å². The average Bonchev–Trinajstić information content (AvgIpc) is 3.15. The minimum atomic E-state index is 0.376. The van der Waals surface area contributed by atoms with Gasteiger partial charge in [0.25, 0.3) is 0 Å². The van der Waals surface area contributed by atoms with E-state index >= 15 is 0 Å². The summed E-state index contributed by atoms with van der Waals surface area (Å²) < 4.78 is 11.3. The van der Waals surface area contributed by atoms with Crippen LogP contribution in [0.4, 0.5) is 0 Å². The summed E-state index contributed by atoms with van der Waals surface area (Å²) in [5.74, 6) is 2.84. The molecule has 0 atom stereocenters. The van der Waals surface area contributed by atoms with Crippen LogP contribution in [0.25, 0.3) is 43.7 Å². The first kappa shape index (κ1) is 18.6. The second-order valence-electron chi connectivity index (χ2n) is 11.8. The molecule has 33 heavy (non-hydrogen) atoms. The first-order valence-corrected chi connectivity index (χ1v) is 12.7. The Kier molecular flexibility index (Phi) is 3.38. The molecule has 4 aliphatic rings. The lowest BCUT2D eigenvalue weighted by Crippen LogP contribution is -2.48. The van der Waals surface area contributed by atoms with E-state index < -0.39 is 0 Å². The molecule has 166 valence electrons. The summed E-state index contributed by atoms with van der Waals surface area (Å²) in [5, 5.41) is 5.11. The van der Waals surface area contributed by atoms with Crippen molar-refractivity contribution in [3.63, 3.8) is 0 Å². The highest BCUT2D eigenvalue weighted by Gasteiger charge is 2.51. The van der Waals surface area contributed by atoms with Gasteiger partial charge in [0.05, 0.1) is 16.3 Å². The second kappa shape index (κ2) is 6.00. The van der Waals surface area contributed by atoms with Crippen molar-refractivity contribution in [3.05, 3.63) is 53.9 Å². The molecular weight excluding hydrogens is 404 g/mol. The van der Waals surface area contributed by atoms with Crippen molar-refractivity contribution in [2.45, 2.75) is 50.9 Å². The maximum Gasteiger partial charge on any atom is 0.216 e. The Bertz CT molecular complexity index is 1600. The number of hydrogen-bond acceptors (Lipinski definition) is 1. The summed E-state index contributed by atoms with van der Waals surface area (Å²) in [6.45, 7) is 2.25. The smallest absolute Gasteiger partial charge is 0.216 e. The molecule has 0 aliphatic heterocycles. The highest BCUT2D eigenvalue weighted by molar-refractivity contribution is 6.19. The first-order valence-electron chi connectivity index (χ1n) is 12.7. The van der Waals surface area contributed by atoms with Crippen LogP contribution in [0.15, 0.2) is 47.1 Å². The highest BCUT2D eigenvalue weighted by Crippen LogP contribution is 2.61. The van der Waals surface area contributed by atoms with Crippen LogP contribution < -0.4 is 4.57 Å². The molecule has 4 fully saturated rings. The molecule has 3 heteroatoms. The molecule has 3 nitrogen and oxygen atoms in total. The maximum atomic E-state index is 6.78. The van der Waals surface area contributed by atoms with Crippen molar-refractivity contribution in [2.24, 2.45) is 31.8 Å². The Hall–Kier alpha value is -2.81. The highest BCUT2D eigenvalue weighted by atomic mass is 16.3. The van der Waals surface area contributed by atoms with Gasteiger partial charge in [0.1, 0.15) is 18.2 Å². The zero-order valence-corrected chi connectivity index (χ0v) is 19.8. The zero-order valence-electron chi connectivity index (χ0n) is 19.8. The number of hydrogen-bond donors (Lipinski definition) is 0. The van der Waals surface area contributed by atoms with Gasteiger partial charge in [0, 0.05) is 30.3 Å². The fourth-order valence-electron chi connectivity index (χ4n) is 8.77. The van der Waals surface area contributed by atoms with E-state index in [0.717, 1.165) is 28.9 Å². The van der Waals surface area contributed by atoms with Gasteiger partial charge in [0.2, 0.25) is 5.52 Å². The molecule has 0 saturated heterocycles. The fraction of sp³-hybridized carbons (Fsp3) is 0.433. The molecule has 2 aromatic carbocycles. The topological polar surface area (TPSA) is 21.9 Å². The number of pyridine rings is 1. The van der Waals surface area contributed by atoms with Crippen molar-refractivity contribution in [1.82, 2.24) is 4.57 Å². The van der Waals surface area contributed by atoms with Crippen molar-refractivity contribution >= 4 is 43.7 Å². The Labute approximate surface area is 194 Å². The van der Waals surface area contributed by atoms with E-state index in [1.54, 1.807) is 5.56 Å². The predicted octanol–water partition coefficient (Wildman–Crippen LogP) is 6.83. The molecule has 0 N–H and O–H groups in total. The minimum absolute atomic E-state index is 0.376. The molecule has 4 saturated carbocycles. The summed E-state index contributed by atoms with van der Waals surface area (Å²) in [5.41, 5.74) is 7.87. The minimum Gasteiger partial charge on any atom is -0.456 e. The van der Waals surface area contributed by atoms with Gasteiger partial charge in [-0.2, -0.15) is 0 Å². The van der Waals surface area contributed by atoms with Crippen LogP contribution in [-0.2, 0) is 19.5 Å². The van der Waals surface area contributed by atoms with E-state index in [1.807, 2.05) is 0 Å². The van der Waals surface area contributed by atoms with Gasteiger partial charge in [-0.15, -0.1) is 0 Å². The largest absolute Gasteiger partial charge is 0.456 e. The molecule has 4 bridgehead atoms. The number of benzene rings is 2. The van der Waals surface area contributed by atoms with E-state index in [4.69, 9.17) is 4.42 Å². The molecule has 0 spiro atoms. The number of rotatable bonds is 1.